The Bertz CT molecular complexity index is 1040. The van der Waals surface area contributed by atoms with Crippen molar-refractivity contribution in [2.45, 2.75) is 39.3 Å². The van der Waals surface area contributed by atoms with Crippen LogP contribution in [0.2, 0.25) is 5.02 Å². The highest BCUT2D eigenvalue weighted by molar-refractivity contribution is 7.16. The minimum absolute atomic E-state index is 0.0846. The number of unbranched alkanes of at least 4 members (excludes halogenated alkanes) is 1. The number of aromatic nitrogens is 1. The fourth-order valence-electron chi connectivity index (χ4n) is 2.79. The van der Waals surface area contributed by atoms with Crippen LogP contribution in [0.15, 0.2) is 47.5 Å². The van der Waals surface area contributed by atoms with Crippen LogP contribution in [0.3, 0.4) is 0 Å². The number of nitrogens with zero attached hydrogens (tertiary/aromatic N) is 2. The second kappa shape index (κ2) is 9.37. The van der Waals surface area contributed by atoms with Crippen molar-refractivity contribution in [3.05, 3.63) is 57.9 Å². The van der Waals surface area contributed by atoms with Crippen molar-refractivity contribution >= 4 is 39.1 Å². The van der Waals surface area contributed by atoms with Gasteiger partial charge in [0.2, 0.25) is 0 Å². The molecule has 3 aromatic rings. The summed E-state index contributed by atoms with van der Waals surface area (Å²) in [6.45, 7) is 4.64. The van der Waals surface area contributed by atoms with Crippen LogP contribution in [-0.4, -0.2) is 28.3 Å². The van der Waals surface area contributed by atoms with Gasteiger partial charge >= 0.3 is 0 Å². The van der Waals surface area contributed by atoms with Crippen LogP contribution in [-0.2, 0) is 6.54 Å². The van der Waals surface area contributed by atoms with Gasteiger partial charge in [-0.1, -0.05) is 48.4 Å². The van der Waals surface area contributed by atoms with Crippen molar-refractivity contribution < 1.29 is 14.6 Å². The number of hydrogen-bond acceptors (Lipinski definition) is 4. The number of fused-ring (bicyclic) bond motifs is 1. The highest BCUT2D eigenvalue weighted by Gasteiger charge is 2.15. The van der Waals surface area contributed by atoms with Gasteiger partial charge in [0.05, 0.1) is 21.9 Å². The van der Waals surface area contributed by atoms with E-state index in [9.17, 15) is 9.90 Å². The predicted molar refractivity (Wildman–Crippen MR) is 113 cm³/mol. The summed E-state index contributed by atoms with van der Waals surface area (Å²) < 4.78 is 8.74. The SMILES string of the molecule is CCCCn1/c(=N/C(=O)c2cc(Cl)ccc2OC[C@H](C)O)sc2ccccc21. The fourth-order valence-corrected chi connectivity index (χ4v) is 4.02. The molecule has 0 unspecified atom stereocenters. The second-order valence-electron chi connectivity index (χ2n) is 6.58. The number of hydrogen-bond donors (Lipinski definition) is 1. The first-order valence-corrected chi connectivity index (χ1v) is 10.5. The minimum atomic E-state index is -0.644. The van der Waals surface area contributed by atoms with Crippen molar-refractivity contribution in [2.24, 2.45) is 4.99 Å². The summed E-state index contributed by atoms with van der Waals surface area (Å²) in [5.74, 6) is -0.0554. The number of thiazole rings is 1. The molecule has 0 aliphatic heterocycles. The van der Waals surface area contributed by atoms with Gasteiger partial charge in [-0.15, -0.1) is 0 Å². The van der Waals surface area contributed by atoms with Gasteiger partial charge in [0.25, 0.3) is 5.91 Å². The molecule has 5 nitrogen and oxygen atoms in total. The number of ether oxygens (including phenoxy) is 1. The molecule has 0 aliphatic carbocycles. The first kappa shape index (κ1) is 20.6. The molecule has 1 amide bonds. The molecule has 0 fully saturated rings. The van der Waals surface area contributed by atoms with E-state index in [0.29, 0.717) is 15.6 Å². The van der Waals surface area contributed by atoms with E-state index in [1.54, 1.807) is 25.1 Å². The Morgan fingerprint density at radius 1 is 1.32 bits per heavy atom. The average molecular weight is 419 g/mol. The first-order chi connectivity index (χ1) is 13.5. The average Bonchev–Trinajstić information content (AvgIpc) is 3.02. The minimum Gasteiger partial charge on any atom is -0.490 e. The van der Waals surface area contributed by atoms with Crippen molar-refractivity contribution in [1.82, 2.24) is 4.57 Å². The number of aliphatic hydroxyl groups excluding tert-OH is 1. The summed E-state index contributed by atoms with van der Waals surface area (Å²) in [6, 6.07) is 12.9. The van der Waals surface area contributed by atoms with E-state index in [1.165, 1.54) is 11.3 Å². The van der Waals surface area contributed by atoms with Gasteiger partial charge in [-0.25, -0.2) is 0 Å². The van der Waals surface area contributed by atoms with E-state index in [4.69, 9.17) is 16.3 Å². The molecule has 2 aromatic carbocycles. The van der Waals surface area contributed by atoms with Crippen molar-refractivity contribution in [2.75, 3.05) is 6.61 Å². The maximum Gasteiger partial charge on any atom is 0.283 e. The monoisotopic (exact) mass is 418 g/mol. The summed E-state index contributed by atoms with van der Waals surface area (Å²) >= 11 is 7.58. The molecule has 1 aromatic heterocycles. The number of aryl methyl sites for hydroxylation is 1. The summed E-state index contributed by atoms with van der Waals surface area (Å²) in [4.78, 5) is 18.0. The largest absolute Gasteiger partial charge is 0.490 e. The first-order valence-electron chi connectivity index (χ1n) is 9.27. The maximum atomic E-state index is 13.0. The van der Waals surface area contributed by atoms with E-state index in [2.05, 4.69) is 16.5 Å². The van der Waals surface area contributed by atoms with E-state index in [1.807, 2.05) is 24.3 Å². The molecule has 148 valence electrons. The van der Waals surface area contributed by atoms with Crippen LogP contribution in [0.25, 0.3) is 10.2 Å². The number of carbonyl (C=O) groups excluding carboxylic acids is 1. The van der Waals surface area contributed by atoms with Gasteiger partial charge in [0.15, 0.2) is 4.80 Å². The molecule has 0 radical (unpaired) electrons. The van der Waals surface area contributed by atoms with E-state index in [0.717, 1.165) is 29.6 Å². The van der Waals surface area contributed by atoms with Crippen LogP contribution in [0.5, 0.6) is 5.75 Å². The topological polar surface area (TPSA) is 63.8 Å². The zero-order chi connectivity index (χ0) is 20.1. The number of halogens is 1. The molecular weight excluding hydrogens is 396 g/mol. The number of benzene rings is 2. The second-order valence-corrected chi connectivity index (χ2v) is 8.02. The molecule has 1 atom stereocenters. The Hall–Kier alpha value is -2.15. The van der Waals surface area contributed by atoms with Crippen LogP contribution >= 0.6 is 22.9 Å². The number of amides is 1. The summed E-state index contributed by atoms with van der Waals surface area (Å²) in [7, 11) is 0. The summed E-state index contributed by atoms with van der Waals surface area (Å²) in [5.41, 5.74) is 1.36. The molecule has 0 spiro atoms. The summed E-state index contributed by atoms with van der Waals surface area (Å²) in [6.07, 6.45) is 1.41. The van der Waals surface area contributed by atoms with Gasteiger partial charge in [0.1, 0.15) is 12.4 Å². The Labute approximate surface area is 172 Å². The smallest absolute Gasteiger partial charge is 0.283 e. The van der Waals surface area contributed by atoms with Crippen molar-refractivity contribution in [3.63, 3.8) is 0 Å². The standard InChI is InChI=1S/C21H23ClN2O3S/c1-3-4-11-24-17-7-5-6-8-19(17)28-21(24)23-20(26)16-12-15(22)9-10-18(16)27-13-14(2)25/h5-10,12,14,25H,3-4,11,13H2,1-2H3/b23-21-/t14-/m0/s1. The number of rotatable bonds is 7. The molecule has 0 aliphatic rings. The zero-order valence-electron chi connectivity index (χ0n) is 15.9. The maximum absolute atomic E-state index is 13.0. The Morgan fingerprint density at radius 3 is 2.86 bits per heavy atom. The number of carbonyl (C=O) groups is 1. The predicted octanol–water partition coefficient (Wildman–Crippen LogP) is 4.66. The van der Waals surface area contributed by atoms with E-state index < -0.39 is 12.0 Å². The lowest BCUT2D eigenvalue weighted by Crippen LogP contribution is -2.18. The number of para-hydroxylation sites is 1. The van der Waals surface area contributed by atoms with Gasteiger partial charge in [0, 0.05) is 11.6 Å². The molecule has 1 N–H and O–H groups in total. The quantitative estimate of drug-likeness (QED) is 0.607. The summed E-state index contributed by atoms with van der Waals surface area (Å²) in [5, 5.41) is 9.90. The molecule has 1 heterocycles. The van der Waals surface area contributed by atoms with E-state index in [-0.39, 0.29) is 12.2 Å². The van der Waals surface area contributed by atoms with Crippen LogP contribution in [0, 0.1) is 0 Å². The third kappa shape index (κ3) is 4.82. The third-order valence-corrected chi connectivity index (χ3v) is 5.47. The van der Waals surface area contributed by atoms with Crippen LogP contribution in [0.1, 0.15) is 37.0 Å². The number of aliphatic hydroxyl groups is 1. The van der Waals surface area contributed by atoms with E-state index >= 15 is 0 Å². The van der Waals surface area contributed by atoms with Crippen molar-refractivity contribution in [3.8, 4) is 5.75 Å². The third-order valence-electron chi connectivity index (χ3n) is 4.17. The normalized spacial score (nSPS) is 13.1. The Kier molecular flexibility index (Phi) is 6.88. The van der Waals surface area contributed by atoms with Gasteiger partial charge in [-0.3, -0.25) is 4.79 Å². The highest BCUT2D eigenvalue weighted by Crippen LogP contribution is 2.24. The van der Waals surface area contributed by atoms with Gasteiger partial charge in [-0.05, 0) is 43.7 Å². The lowest BCUT2D eigenvalue weighted by Gasteiger charge is -2.11. The fraction of sp³-hybridized carbons (Fsp3) is 0.333. The Balaban J connectivity index is 2.04. The van der Waals surface area contributed by atoms with Crippen LogP contribution in [0.4, 0.5) is 0 Å². The molecular formula is C21H23ClN2O3S. The molecule has 0 saturated carbocycles. The zero-order valence-corrected chi connectivity index (χ0v) is 17.5. The molecule has 7 heteroatoms. The van der Waals surface area contributed by atoms with Crippen LogP contribution < -0.4 is 9.54 Å². The van der Waals surface area contributed by atoms with Crippen molar-refractivity contribution in [1.29, 1.82) is 0 Å². The lowest BCUT2D eigenvalue weighted by molar-refractivity contribution is 0.0981. The van der Waals surface area contributed by atoms with Gasteiger partial charge in [-0.2, -0.15) is 4.99 Å². The molecule has 0 bridgehead atoms. The highest BCUT2D eigenvalue weighted by atomic mass is 35.5. The molecule has 0 saturated heterocycles. The molecule has 3 rings (SSSR count). The van der Waals surface area contributed by atoms with Gasteiger partial charge < -0.3 is 14.4 Å². The Morgan fingerprint density at radius 2 is 2.11 bits per heavy atom. The molecule has 28 heavy (non-hydrogen) atoms. The lowest BCUT2D eigenvalue weighted by atomic mass is 10.2.